The van der Waals surface area contributed by atoms with Crippen molar-refractivity contribution in [3.8, 4) is 17.1 Å². The lowest BCUT2D eigenvalue weighted by Gasteiger charge is -2.28. The van der Waals surface area contributed by atoms with Gasteiger partial charge in [-0.15, -0.1) is 5.10 Å². The molecule has 0 fully saturated rings. The molecule has 0 saturated heterocycles. The molecule has 0 aliphatic carbocycles. The Labute approximate surface area is 197 Å². The minimum Gasteiger partial charge on any atom is -0.489 e. The number of carbonyl (C=O) groups is 1. The van der Waals surface area contributed by atoms with Crippen molar-refractivity contribution < 1.29 is 14.3 Å². The Kier molecular flexibility index (Phi) is 5.82. The molecule has 4 aromatic rings. The predicted molar refractivity (Wildman–Crippen MR) is 129 cm³/mol. The summed E-state index contributed by atoms with van der Waals surface area (Å²) >= 11 is 0. The highest BCUT2D eigenvalue weighted by atomic mass is 16.5. The molecule has 5 rings (SSSR count). The van der Waals surface area contributed by atoms with Gasteiger partial charge in [0.1, 0.15) is 18.4 Å². The Balaban J connectivity index is 1.54. The van der Waals surface area contributed by atoms with Crippen LogP contribution >= 0.6 is 0 Å². The number of nitrogens with one attached hydrogen (secondary N) is 1. The van der Waals surface area contributed by atoms with Gasteiger partial charge in [0.2, 0.25) is 5.95 Å². The fraction of sp³-hybridized carbons (Fsp3) is 0.148. The molecule has 3 aromatic carbocycles. The average molecular weight is 453 g/mol. The van der Waals surface area contributed by atoms with E-state index in [9.17, 15) is 4.79 Å². The molecule has 0 amide bonds. The van der Waals surface area contributed by atoms with E-state index in [1.165, 1.54) is 7.11 Å². The van der Waals surface area contributed by atoms with Gasteiger partial charge in [0.15, 0.2) is 5.82 Å². The fourth-order valence-corrected chi connectivity index (χ4v) is 4.06. The number of rotatable bonds is 6. The summed E-state index contributed by atoms with van der Waals surface area (Å²) < 4.78 is 12.9. The maximum absolute atomic E-state index is 12.8. The van der Waals surface area contributed by atoms with Crippen molar-refractivity contribution in [3.05, 3.63) is 107 Å². The van der Waals surface area contributed by atoms with E-state index < -0.39 is 12.0 Å². The predicted octanol–water partition coefficient (Wildman–Crippen LogP) is 4.99. The number of benzene rings is 3. The molecule has 34 heavy (non-hydrogen) atoms. The molecule has 7 heteroatoms. The molecule has 0 radical (unpaired) electrons. The fourth-order valence-electron chi connectivity index (χ4n) is 4.06. The number of nitrogens with zero attached hydrogens (tertiary/aromatic N) is 3. The van der Waals surface area contributed by atoms with E-state index >= 15 is 0 Å². The second-order valence-corrected chi connectivity index (χ2v) is 7.97. The Bertz CT molecular complexity index is 1350. The van der Waals surface area contributed by atoms with Crippen molar-refractivity contribution >= 4 is 11.9 Å². The van der Waals surface area contributed by atoms with Gasteiger partial charge in [0.05, 0.1) is 12.7 Å². The van der Waals surface area contributed by atoms with Crippen molar-refractivity contribution in [1.82, 2.24) is 14.8 Å². The molecule has 1 unspecified atom stereocenters. The molecule has 170 valence electrons. The van der Waals surface area contributed by atoms with Gasteiger partial charge in [-0.2, -0.15) is 4.98 Å². The molecule has 7 nitrogen and oxygen atoms in total. The largest absolute Gasteiger partial charge is 0.489 e. The van der Waals surface area contributed by atoms with Gasteiger partial charge in [-0.25, -0.2) is 9.48 Å². The third-order valence-electron chi connectivity index (χ3n) is 5.71. The summed E-state index contributed by atoms with van der Waals surface area (Å²) in [5.41, 5.74) is 3.96. The Morgan fingerprint density at radius 1 is 1.00 bits per heavy atom. The zero-order valence-electron chi connectivity index (χ0n) is 18.9. The SMILES string of the molecule is COC(=O)C1=C(C)Nc2nc(-c3ccccc3)nn2C1c1cccc(OCc2ccccc2)c1. The molecule has 2 heterocycles. The zero-order chi connectivity index (χ0) is 23.5. The second kappa shape index (κ2) is 9.23. The quantitative estimate of drug-likeness (QED) is 0.416. The zero-order valence-corrected chi connectivity index (χ0v) is 18.9. The van der Waals surface area contributed by atoms with E-state index in [1.807, 2.05) is 91.9 Å². The molecule has 1 aromatic heterocycles. The number of fused-ring (bicyclic) bond motifs is 1. The van der Waals surface area contributed by atoms with Crippen LogP contribution in [0, 0.1) is 0 Å². The van der Waals surface area contributed by atoms with E-state index in [0.29, 0.717) is 35.4 Å². The molecule has 0 saturated carbocycles. The van der Waals surface area contributed by atoms with Crippen LogP contribution in [0.15, 0.2) is 96.2 Å². The maximum Gasteiger partial charge on any atom is 0.338 e. The molecule has 1 atom stereocenters. The summed E-state index contributed by atoms with van der Waals surface area (Å²) in [6.07, 6.45) is 0. The Morgan fingerprint density at radius 2 is 1.74 bits per heavy atom. The number of hydrogen-bond donors (Lipinski definition) is 1. The number of anilines is 1. The summed E-state index contributed by atoms with van der Waals surface area (Å²) in [4.78, 5) is 17.5. The number of hydrogen-bond acceptors (Lipinski definition) is 6. The lowest BCUT2D eigenvalue weighted by atomic mass is 9.95. The van der Waals surface area contributed by atoms with Crippen LogP contribution in [0.2, 0.25) is 0 Å². The van der Waals surface area contributed by atoms with Gasteiger partial charge in [0, 0.05) is 11.3 Å². The van der Waals surface area contributed by atoms with Crippen LogP contribution in [0.5, 0.6) is 5.75 Å². The summed E-state index contributed by atoms with van der Waals surface area (Å²) in [7, 11) is 1.38. The van der Waals surface area contributed by atoms with Crippen LogP contribution in [0.1, 0.15) is 24.1 Å². The first-order valence-electron chi connectivity index (χ1n) is 11.0. The smallest absolute Gasteiger partial charge is 0.338 e. The van der Waals surface area contributed by atoms with Crippen molar-refractivity contribution in [2.75, 3.05) is 12.4 Å². The molecule has 1 aliphatic heterocycles. The number of allylic oxidation sites excluding steroid dienone is 1. The van der Waals surface area contributed by atoms with Gasteiger partial charge in [-0.05, 0) is 30.2 Å². The minimum atomic E-state index is -0.520. The summed E-state index contributed by atoms with van der Waals surface area (Å²) in [6.45, 7) is 2.29. The van der Waals surface area contributed by atoms with Crippen molar-refractivity contribution in [2.45, 2.75) is 19.6 Å². The first-order valence-corrected chi connectivity index (χ1v) is 11.0. The van der Waals surface area contributed by atoms with Gasteiger partial charge < -0.3 is 14.8 Å². The van der Waals surface area contributed by atoms with Gasteiger partial charge in [-0.1, -0.05) is 72.8 Å². The highest BCUT2D eigenvalue weighted by Crippen LogP contribution is 2.37. The second-order valence-electron chi connectivity index (χ2n) is 7.97. The van der Waals surface area contributed by atoms with Gasteiger partial charge in [-0.3, -0.25) is 0 Å². The van der Waals surface area contributed by atoms with Crippen LogP contribution in [0.4, 0.5) is 5.95 Å². The third kappa shape index (κ3) is 4.15. The molecular formula is C27H24N4O3. The van der Waals surface area contributed by atoms with Crippen LogP contribution in [-0.4, -0.2) is 27.8 Å². The lowest BCUT2D eigenvalue weighted by molar-refractivity contribution is -0.136. The minimum absolute atomic E-state index is 0.423. The van der Waals surface area contributed by atoms with E-state index in [4.69, 9.17) is 14.6 Å². The number of esters is 1. The van der Waals surface area contributed by atoms with E-state index in [2.05, 4.69) is 10.3 Å². The number of aromatic nitrogens is 3. The first kappa shape index (κ1) is 21.5. The number of methoxy groups -OCH3 is 1. The highest BCUT2D eigenvalue weighted by Gasteiger charge is 2.35. The monoisotopic (exact) mass is 452 g/mol. The normalized spacial score (nSPS) is 14.8. The summed E-state index contributed by atoms with van der Waals surface area (Å²) in [5.74, 6) is 1.41. The Hall–Kier alpha value is -4.39. The van der Waals surface area contributed by atoms with Crippen LogP contribution in [-0.2, 0) is 16.1 Å². The molecule has 0 spiro atoms. The third-order valence-corrected chi connectivity index (χ3v) is 5.71. The lowest BCUT2D eigenvalue weighted by Crippen LogP contribution is -2.29. The van der Waals surface area contributed by atoms with E-state index in [0.717, 1.165) is 16.7 Å². The summed E-state index contributed by atoms with van der Waals surface area (Å²) in [6, 6.07) is 26.9. The highest BCUT2D eigenvalue weighted by molar-refractivity contribution is 5.92. The van der Waals surface area contributed by atoms with Crippen LogP contribution < -0.4 is 10.1 Å². The molecule has 1 aliphatic rings. The molecular weight excluding hydrogens is 428 g/mol. The topological polar surface area (TPSA) is 78.3 Å². The standard InChI is InChI=1S/C27H24N4O3/c1-18-23(26(32)33-2)24(31-27(28-18)29-25(30-31)20-12-7-4-8-13-20)21-14-9-15-22(16-21)34-17-19-10-5-3-6-11-19/h3-16,24H,17H2,1-2H3,(H,28,29,30). The van der Waals surface area contributed by atoms with Crippen LogP contribution in [0.25, 0.3) is 11.4 Å². The molecule has 0 bridgehead atoms. The number of ether oxygens (including phenoxy) is 2. The maximum atomic E-state index is 12.8. The van der Waals surface area contributed by atoms with E-state index in [-0.39, 0.29) is 0 Å². The van der Waals surface area contributed by atoms with E-state index in [1.54, 1.807) is 4.68 Å². The Morgan fingerprint density at radius 3 is 2.47 bits per heavy atom. The summed E-state index contributed by atoms with van der Waals surface area (Å²) in [5, 5.41) is 7.98. The first-order chi connectivity index (χ1) is 16.6. The van der Waals surface area contributed by atoms with Crippen LogP contribution in [0.3, 0.4) is 0 Å². The van der Waals surface area contributed by atoms with Gasteiger partial charge >= 0.3 is 5.97 Å². The number of carbonyl (C=O) groups excluding carboxylic acids is 1. The van der Waals surface area contributed by atoms with Crippen molar-refractivity contribution in [1.29, 1.82) is 0 Å². The average Bonchev–Trinajstić information content (AvgIpc) is 3.31. The van der Waals surface area contributed by atoms with Crippen molar-refractivity contribution in [2.24, 2.45) is 0 Å². The molecule has 1 N–H and O–H groups in total. The van der Waals surface area contributed by atoms with Crippen molar-refractivity contribution in [3.63, 3.8) is 0 Å². The van der Waals surface area contributed by atoms with Gasteiger partial charge in [0.25, 0.3) is 0 Å².